The maximum Gasteiger partial charge on any atom is 0.410 e. The molecule has 0 unspecified atom stereocenters. The molecule has 1 saturated heterocycles. The Hall–Kier alpha value is -2.50. The molecule has 0 radical (unpaired) electrons. The van der Waals surface area contributed by atoms with Crippen molar-refractivity contribution >= 4 is 28.6 Å². The standard InChI is InChI=1S/C27H34ClN3O2/c1-27(2,3)33-26(32)30(4)15-16-31-13-11-19(12-14-31)20-9-10-24-21(17-20)18-25(29-24)22-7-5-6-8-23(22)28/h5-10,17-19,29H,11-16H2,1-4H3. The van der Waals surface area contributed by atoms with Crippen molar-refractivity contribution in [3.05, 3.63) is 59.1 Å². The number of amides is 1. The summed E-state index contributed by atoms with van der Waals surface area (Å²) in [6, 6.07) is 16.9. The minimum atomic E-state index is -0.460. The van der Waals surface area contributed by atoms with Crippen molar-refractivity contribution in [2.45, 2.75) is 45.1 Å². The summed E-state index contributed by atoms with van der Waals surface area (Å²) in [6.45, 7) is 9.33. The number of carbonyl (C=O) groups excluding carboxylic acids is 1. The third-order valence-corrected chi connectivity index (χ3v) is 6.65. The molecule has 33 heavy (non-hydrogen) atoms. The molecule has 0 saturated carbocycles. The van der Waals surface area contributed by atoms with E-state index in [0.717, 1.165) is 54.3 Å². The van der Waals surface area contributed by atoms with Gasteiger partial charge in [0.05, 0.1) is 0 Å². The van der Waals surface area contributed by atoms with Crippen molar-refractivity contribution in [2.24, 2.45) is 0 Å². The second kappa shape index (κ2) is 9.78. The van der Waals surface area contributed by atoms with Gasteiger partial charge in [0.2, 0.25) is 0 Å². The van der Waals surface area contributed by atoms with Gasteiger partial charge in [0.15, 0.2) is 0 Å². The van der Waals surface area contributed by atoms with Crippen molar-refractivity contribution in [2.75, 3.05) is 33.2 Å². The number of halogens is 1. The fourth-order valence-corrected chi connectivity index (χ4v) is 4.68. The van der Waals surface area contributed by atoms with E-state index >= 15 is 0 Å². The van der Waals surface area contributed by atoms with Gasteiger partial charge in [-0.2, -0.15) is 0 Å². The highest BCUT2D eigenvalue weighted by Gasteiger charge is 2.23. The maximum atomic E-state index is 12.2. The van der Waals surface area contributed by atoms with Crippen molar-refractivity contribution < 1.29 is 9.53 Å². The Balaban J connectivity index is 1.33. The summed E-state index contributed by atoms with van der Waals surface area (Å²) < 4.78 is 5.44. The Labute approximate surface area is 201 Å². The number of likely N-dealkylation sites (tertiary alicyclic amines) is 1. The molecule has 1 amide bonds. The smallest absolute Gasteiger partial charge is 0.410 e. The van der Waals surface area contributed by atoms with Gasteiger partial charge in [-0.15, -0.1) is 0 Å². The van der Waals surface area contributed by atoms with Gasteiger partial charge in [-0.25, -0.2) is 4.79 Å². The Bertz CT molecular complexity index is 1110. The summed E-state index contributed by atoms with van der Waals surface area (Å²) >= 11 is 6.39. The zero-order valence-corrected chi connectivity index (χ0v) is 20.8. The molecule has 4 rings (SSSR count). The van der Waals surface area contributed by atoms with Crippen LogP contribution in [-0.2, 0) is 4.74 Å². The molecule has 1 aliphatic heterocycles. The predicted molar refractivity (Wildman–Crippen MR) is 136 cm³/mol. The van der Waals surface area contributed by atoms with Gasteiger partial charge in [-0.1, -0.05) is 35.9 Å². The maximum absolute atomic E-state index is 12.2. The summed E-state index contributed by atoms with van der Waals surface area (Å²) in [5, 5.41) is 1.98. The first-order valence-corrected chi connectivity index (χ1v) is 12.1. The van der Waals surface area contributed by atoms with Crippen LogP contribution >= 0.6 is 11.6 Å². The van der Waals surface area contributed by atoms with E-state index in [1.807, 2.05) is 52.1 Å². The van der Waals surface area contributed by atoms with Gasteiger partial charge in [0.25, 0.3) is 0 Å². The van der Waals surface area contributed by atoms with Crippen LogP contribution in [0.15, 0.2) is 48.5 Å². The molecule has 1 fully saturated rings. The number of ether oxygens (including phenoxy) is 1. The second-order valence-corrected chi connectivity index (χ2v) is 10.4. The molecular weight excluding hydrogens is 434 g/mol. The van der Waals surface area contributed by atoms with Gasteiger partial charge >= 0.3 is 6.09 Å². The molecule has 0 bridgehead atoms. The van der Waals surface area contributed by atoms with E-state index in [9.17, 15) is 4.79 Å². The second-order valence-electron chi connectivity index (χ2n) is 10.0. The first kappa shape index (κ1) is 23.7. The average molecular weight is 468 g/mol. The highest BCUT2D eigenvalue weighted by atomic mass is 35.5. The van der Waals surface area contributed by atoms with E-state index in [4.69, 9.17) is 16.3 Å². The predicted octanol–water partition coefficient (Wildman–Crippen LogP) is 6.53. The number of piperidine rings is 1. The number of nitrogens with one attached hydrogen (secondary N) is 1. The quantitative estimate of drug-likeness (QED) is 0.463. The van der Waals surface area contributed by atoms with Crippen LogP contribution in [-0.4, -0.2) is 59.7 Å². The molecule has 0 atom stereocenters. The molecule has 2 aromatic carbocycles. The summed E-state index contributed by atoms with van der Waals surface area (Å²) in [5.41, 5.74) is 4.16. The summed E-state index contributed by atoms with van der Waals surface area (Å²) in [4.78, 5) is 19.8. The third kappa shape index (κ3) is 5.90. The number of rotatable bonds is 5. The fourth-order valence-electron chi connectivity index (χ4n) is 4.44. The fraction of sp³-hybridized carbons (Fsp3) is 0.444. The molecule has 0 spiro atoms. The van der Waals surface area contributed by atoms with E-state index in [-0.39, 0.29) is 6.09 Å². The summed E-state index contributed by atoms with van der Waals surface area (Å²) in [7, 11) is 1.81. The third-order valence-electron chi connectivity index (χ3n) is 6.32. The number of fused-ring (bicyclic) bond motifs is 1. The van der Waals surface area contributed by atoms with Gasteiger partial charge in [-0.3, -0.25) is 0 Å². The van der Waals surface area contributed by atoms with E-state index in [2.05, 4.69) is 34.1 Å². The molecule has 1 N–H and O–H groups in total. The van der Waals surface area contributed by atoms with E-state index < -0.39 is 5.60 Å². The highest BCUT2D eigenvalue weighted by Crippen LogP contribution is 2.33. The minimum absolute atomic E-state index is 0.256. The number of aromatic amines is 1. The van der Waals surface area contributed by atoms with Crippen molar-refractivity contribution in [1.82, 2.24) is 14.8 Å². The number of H-pyrrole nitrogens is 1. The average Bonchev–Trinajstić information content (AvgIpc) is 3.20. The monoisotopic (exact) mass is 467 g/mol. The zero-order valence-electron chi connectivity index (χ0n) is 20.0. The van der Waals surface area contributed by atoms with Crippen LogP contribution in [0.1, 0.15) is 45.1 Å². The van der Waals surface area contributed by atoms with Crippen LogP contribution < -0.4 is 0 Å². The zero-order chi connectivity index (χ0) is 23.6. The largest absolute Gasteiger partial charge is 0.444 e. The topological polar surface area (TPSA) is 48.6 Å². The molecule has 5 nitrogen and oxygen atoms in total. The highest BCUT2D eigenvalue weighted by molar-refractivity contribution is 6.33. The summed E-state index contributed by atoms with van der Waals surface area (Å²) in [6.07, 6.45) is 2.00. The number of benzene rings is 2. The first-order valence-electron chi connectivity index (χ1n) is 11.7. The SMILES string of the molecule is CN(CCN1CCC(c2ccc3[nH]c(-c4ccccc4Cl)cc3c2)CC1)C(=O)OC(C)(C)C. The molecule has 2 heterocycles. The first-order chi connectivity index (χ1) is 15.7. The molecular formula is C27H34ClN3O2. The van der Waals surface area contributed by atoms with Crippen molar-refractivity contribution in [3.8, 4) is 11.3 Å². The number of nitrogens with zero attached hydrogens (tertiary/aromatic N) is 2. The lowest BCUT2D eigenvalue weighted by molar-refractivity contribution is 0.0278. The number of hydrogen-bond donors (Lipinski definition) is 1. The Morgan fingerprint density at radius 3 is 2.58 bits per heavy atom. The molecule has 6 heteroatoms. The van der Waals surface area contributed by atoms with Crippen molar-refractivity contribution in [3.63, 3.8) is 0 Å². The Morgan fingerprint density at radius 1 is 1.15 bits per heavy atom. The van der Waals surface area contributed by atoms with Crippen LogP contribution in [0.2, 0.25) is 5.02 Å². The summed E-state index contributed by atoms with van der Waals surface area (Å²) in [5.74, 6) is 0.563. The van der Waals surface area contributed by atoms with E-state index in [0.29, 0.717) is 12.5 Å². The molecule has 176 valence electrons. The number of likely N-dealkylation sites (N-methyl/N-ethyl adjacent to an activating group) is 1. The van der Waals surface area contributed by atoms with Crippen LogP contribution in [0.5, 0.6) is 0 Å². The molecule has 1 aliphatic rings. The lowest BCUT2D eigenvalue weighted by Gasteiger charge is -2.33. The molecule has 0 aliphatic carbocycles. The number of hydrogen-bond acceptors (Lipinski definition) is 3. The van der Waals surface area contributed by atoms with Crippen molar-refractivity contribution in [1.29, 1.82) is 0 Å². The van der Waals surface area contributed by atoms with Crippen LogP contribution in [0, 0.1) is 0 Å². The van der Waals surface area contributed by atoms with E-state index in [1.54, 1.807) is 4.90 Å². The lowest BCUT2D eigenvalue weighted by Crippen LogP contribution is -2.41. The van der Waals surface area contributed by atoms with Gasteiger partial charge in [-0.05, 0) is 82.4 Å². The van der Waals surface area contributed by atoms with Crippen LogP contribution in [0.4, 0.5) is 4.79 Å². The minimum Gasteiger partial charge on any atom is -0.444 e. The normalized spacial score (nSPS) is 15.7. The van der Waals surface area contributed by atoms with Gasteiger partial charge in [0, 0.05) is 47.3 Å². The Morgan fingerprint density at radius 2 is 1.88 bits per heavy atom. The van der Waals surface area contributed by atoms with Gasteiger partial charge in [0.1, 0.15) is 5.60 Å². The Kier molecular flexibility index (Phi) is 7.01. The van der Waals surface area contributed by atoms with Crippen LogP contribution in [0.25, 0.3) is 22.2 Å². The van der Waals surface area contributed by atoms with Crippen LogP contribution in [0.3, 0.4) is 0 Å². The van der Waals surface area contributed by atoms with Gasteiger partial charge < -0.3 is 19.5 Å². The lowest BCUT2D eigenvalue weighted by atomic mass is 9.89. The number of carbonyl (C=O) groups is 1. The van der Waals surface area contributed by atoms with E-state index in [1.165, 1.54) is 10.9 Å². The molecule has 3 aromatic rings. The molecule has 1 aromatic heterocycles. The number of aromatic nitrogens is 1.